The Bertz CT molecular complexity index is 968. The fourth-order valence-electron chi connectivity index (χ4n) is 6.82. The van der Waals surface area contributed by atoms with Crippen LogP contribution in [0.5, 0.6) is 0 Å². The molecule has 1 fully saturated rings. The van der Waals surface area contributed by atoms with Crippen LogP contribution in [0.1, 0.15) is 187 Å². The minimum Gasteiger partial charge on any atom is -0.457 e. The summed E-state index contributed by atoms with van der Waals surface area (Å²) in [6, 6.07) is 0. The topological polar surface area (TPSA) is 192 Å². The van der Waals surface area contributed by atoms with E-state index in [1.165, 1.54) is 116 Å². The maximum Gasteiger partial charge on any atom is 0.472 e. The fraction of sp³-hybridized carbons (Fsp3) is 0.929. The zero-order valence-electron chi connectivity index (χ0n) is 34.5. The van der Waals surface area contributed by atoms with Crippen molar-refractivity contribution in [2.24, 2.45) is 0 Å². The van der Waals surface area contributed by atoms with Crippen molar-refractivity contribution in [1.82, 2.24) is 0 Å². The largest absolute Gasteiger partial charge is 0.472 e. The maximum atomic E-state index is 12.8. The molecule has 1 saturated carbocycles. The Morgan fingerprint density at radius 1 is 0.564 bits per heavy atom. The molecule has 0 bridgehead atoms. The molecule has 0 aromatic heterocycles. The Labute approximate surface area is 333 Å². The molecular formula is C42H81O12P. The van der Waals surface area contributed by atoms with Gasteiger partial charge in [0.15, 0.2) is 0 Å². The van der Waals surface area contributed by atoms with E-state index in [2.05, 4.69) is 26.0 Å². The van der Waals surface area contributed by atoms with E-state index >= 15 is 0 Å². The Morgan fingerprint density at radius 2 is 0.964 bits per heavy atom. The zero-order chi connectivity index (χ0) is 40.6. The lowest BCUT2D eigenvalue weighted by atomic mass is 9.85. The first-order chi connectivity index (χ1) is 26.5. The van der Waals surface area contributed by atoms with Crippen LogP contribution in [0.15, 0.2) is 12.2 Å². The number of hydrogen-bond acceptors (Lipinski definition) is 11. The monoisotopic (exact) mass is 809 g/mol. The van der Waals surface area contributed by atoms with Gasteiger partial charge < -0.3 is 39.9 Å². The lowest BCUT2D eigenvalue weighted by Gasteiger charge is -2.41. The van der Waals surface area contributed by atoms with Crippen molar-refractivity contribution >= 4 is 13.8 Å². The van der Waals surface area contributed by atoms with Gasteiger partial charge in [-0.05, 0) is 38.5 Å². The normalized spacial score (nSPS) is 23.3. The number of aliphatic hydroxyl groups is 5. The maximum absolute atomic E-state index is 12.8. The van der Waals surface area contributed by atoms with Gasteiger partial charge in [0.2, 0.25) is 0 Å². The minimum absolute atomic E-state index is 0.0734. The van der Waals surface area contributed by atoms with Gasteiger partial charge in [-0.1, -0.05) is 154 Å². The van der Waals surface area contributed by atoms with Gasteiger partial charge >= 0.3 is 13.8 Å². The van der Waals surface area contributed by atoms with Gasteiger partial charge in [-0.25, -0.2) is 4.57 Å². The second kappa shape index (κ2) is 34.0. The number of unbranched alkanes of at least 4 members (excludes halogenated alkanes) is 23. The van der Waals surface area contributed by atoms with Crippen molar-refractivity contribution < 1.29 is 58.3 Å². The van der Waals surface area contributed by atoms with E-state index in [9.17, 15) is 39.8 Å². The van der Waals surface area contributed by atoms with E-state index in [0.717, 1.165) is 44.9 Å². The second-order valence-corrected chi connectivity index (χ2v) is 17.0. The molecule has 1 aliphatic rings. The van der Waals surface area contributed by atoms with Crippen molar-refractivity contribution in [2.75, 3.05) is 19.8 Å². The second-order valence-electron chi connectivity index (χ2n) is 15.6. The first-order valence-corrected chi connectivity index (χ1v) is 23.5. The Morgan fingerprint density at radius 3 is 1.44 bits per heavy atom. The predicted molar refractivity (Wildman–Crippen MR) is 217 cm³/mol. The standard InChI is InChI=1S/C42H81O12P/c1-3-5-7-9-11-13-15-16-17-18-19-20-21-23-25-27-29-31-36(43)53-35(33-51-32-30-28-26-24-22-14-12-10-8-6-4-2)34-52-55(49,50)54-42-40(47)38(45)37(44)39(46)41(42)48/h16-17,35,37-42,44-48H,3-15,18-34H2,1-2H3,(H,49,50)/b17-16-. The number of rotatable bonds is 37. The number of ether oxygens (including phenoxy) is 2. The number of aliphatic hydroxyl groups excluding tert-OH is 5. The SMILES string of the molecule is CCCCCCCC/C=C\CCCCCCCCCC(=O)OC(COCCCCCCCCCCCCC)COP(=O)(O)OC1C(O)C(O)C(O)C(O)C1O. The van der Waals surface area contributed by atoms with E-state index in [0.29, 0.717) is 13.0 Å². The van der Waals surface area contributed by atoms with Crippen LogP contribution in [0.3, 0.4) is 0 Å². The van der Waals surface area contributed by atoms with Gasteiger partial charge in [0, 0.05) is 13.0 Å². The number of phosphoric ester groups is 1. The summed E-state index contributed by atoms with van der Waals surface area (Å²) in [6.45, 7) is 4.25. The number of allylic oxidation sites excluding steroid dienone is 2. The van der Waals surface area contributed by atoms with E-state index < -0.39 is 63.1 Å². The number of carbonyl (C=O) groups excluding carboxylic acids is 1. The molecule has 0 amide bonds. The third-order valence-corrected chi connectivity index (χ3v) is 11.4. The molecule has 0 aliphatic heterocycles. The summed E-state index contributed by atoms with van der Waals surface area (Å²) in [5.41, 5.74) is 0. The molecule has 1 rings (SSSR count). The summed E-state index contributed by atoms with van der Waals surface area (Å²) in [5.74, 6) is -0.480. The summed E-state index contributed by atoms with van der Waals surface area (Å²) in [4.78, 5) is 23.1. The number of carbonyl (C=O) groups is 1. The molecule has 0 aromatic carbocycles. The Balaban J connectivity index is 2.40. The van der Waals surface area contributed by atoms with Gasteiger partial charge in [0.1, 0.15) is 42.7 Å². The van der Waals surface area contributed by atoms with Crippen molar-refractivity contribution in [1.29, 1.82) is 0 Å². The van der Waals surface area contributed by atoms with Crippen molar-refractivity contribution in [3.8, 4) is 0 Å². The predicted octanol–water partition coefficient (Wildman–Crippen LogP) is 8.36. The smallest absolute Gasteiger partial charge is 0.457 e. The number of phosphoric acid groups is 1. The lowest BCUT2D eigenvalue weighted by Crippen LogP contribution is -2.64. The van der Waals surface area contributed by atoms with Crippen LogP contribution in [-0.4, -0.2) is 98.9 Å². The average molecular weight is 809 g/mol. The highest BCUT2D eigenvalue weighted by atomic mass is 31.2. The molecule has 55 heavy (non-hydrogen) atoms. The molecule has 0 aromatic rings. The van der Waals surface area contributed by atoms with Crippen LogP contribution < -0.4 is 0 Å². The number of hydrogen-bond donors (Lipinski definition) is 6. The summed E-state index contributed by atoms with van der Waals surface area (Å²) in [7, 11) is -5.01. The summed E-state index contributed by atoms with van der Waals surface area (Å²) in [6.07, 6.45) is 22.8. The quantitative estimate of drug-likeness (QED) is 0.0152. The van der Waals surface area contributed by atoms with Crippen molar-refractivity contribution in [2.45, 2.75) is 230 Å². The molecule has 12 nitrogen and oxygen atoms in total. The lowest BCUT2D eigenvalue weighted by molar-refractivity contribution is -0.220. The van der Waals surface area contributed by atoms with Gasteiger partial charge in [-0.15, -0.1) is 0 Å². The van der Waals surface area contributed by atoms with Crippen molar-refractivity contribution in [3.05, 3.63) is 12.2 Å². The molecule has 13 heteroatoms. The highest BCUT2D eigenvalue weighted by Crippen LogP contribution is 2.47. The van der Waals surface area contributed by atoms with Gasteiger partial charge in [-0.3, -0.25) is 13.8 Å². The van der Waals surface area contributed by atoms with E-state index in [-0.39, 0.29) is 13.0 Å². The first kappa shape index (κ1) is 52.1. The van der Waals surface area contributed by atoms with Gasteiger partial charge in [0.25, 0.3) is 0 Å². The molecule has 0 radical (unpaired) electrons. The molecule has 6 atom stereocenters. The highest BCUT2D eigenvalue weighted by Gasteiger charge is 2.51. The molecule has 0 heterocycles. The molecule has 0 spiro atoms. The van der Waals surface area contributed by atoms with Crippen LogP contribution in [0, 0.1) is 0 Å². The molecule has 326 valence electrons. The van der Waals surface area contributed by atoms with Crippen LogP contribution in [0.4, 0.5) is 0 Å². The third-order valence-electron chi connectivity index (χ3n) is 10.4. The van der Waals surface area contributed by atoms with Gasteiger partial charge in [0.05, 0.1) is 13.2 Å². The Hall–Kier alpha value is -0.920. The Kier molecular flexibility index (Phi) is 32.2. The third kappa shape index (κ3) is 26.7. The highest BCUT2D eigenvalue weighted by molar-refractivity contribution is 7.47. The molecule has 1 aliphatic carbocycles. The van der Waals surface area contributed by atoms with Crippen LogP contribution >= 0.6 is 7.82 Å². The summed E-state index contributed by atoms with van der Waals surface area (Å²) < 4.78 is 34.1. The summed E-state index contributed by atoms with van der Waals surface area (Å²) in [5, 5.41) is 50.1. The average Bonchev–Trinajstić information content (AvgIpc) is 3.17. The van der Waals surface area contributed by atoms with Gasteiger partial charge in [-0.2, -0.15) is 0 Å². The molecule has 6 unspecified atom stereocenters. The van der Waals surface area contributed by atoms with E-state index in [4.69, 9.17) is 18.5 Å². The van der Waals surface area contributed by atoms with Crippen LogP contribution in [0.2, 0.25) is 0 Å². The van der Waals surface area contributed by atoms with E-state index in [1.807, 2.05) is 0 Å². The fourth-order valence-corrected chi connectivity index (χ4v) is 7.79. The van der Waals surface area contributed by atoms with Crippen LogP contribution in [0.25, 0.3) is 0 Å². The van der Waals surface area contributed by atoms with Crippen molar-refractivity contribution in [3.63, 3.8) is 0 Å². The molecule has 6 N–H and O–H groups in total. The first-order valence-electron chi connectivity index (χ1n) is 22.0. The number of esters is 1. The molecule has 0 saturated heterocycles. The van der Waals surface area contributed by atoms with Crippen LogP contribution in [-0.2, 0) is 27.9 Å². The summed E-state index contributed by atoms with van der Waals surface area (Å²) >= 11 is 0. The zero-order valence-corrected chi connectivity index (χ0v) is 35.4. The van der Waals surface area contributed by atoms with E-state index in [1.54, 1.807) is 0 Å². The molecular weight excluding hydrogens is 727 g/mol. The minimum atomic E-state index is -5.01.